The predicted octanol–water partition coefficient (Wildman–Crippen LogP) is 3.83. The molecule has 25 heavy (non-hydrogen) atoms. The van der Waals surface area contributed by atoms with Gasteiger partial charge < -0.3 is 9.64 Å². The highest BCUT2D eigenvalue weighted by Crippen LogP contribution is 2.46. The van der Waals surface area contributed by atoms with Crippen LogP contribution in [-0.2, 0) is 4.79 Å². The van der Waals surface area contributed by atoms with E-state index in [1.54, 1.807) is 16.7 Å². The van der Waals surface area contributed by atoms with Crippen molar-refractivity contribution in [1.82, 2.24) is 4.90 Å². The Labute approximate surface area is 156 Å². The van der Waals surface area contributed by atoms with E-state index >= 15 is 0 Å². The van der Waals surface area contributed by atoms with Crippen LogP contribution in [0.4, 0.5) is 5.69 Å². The maximum absolute atomic E-state index is 12.9. The fourth-order valence-corrected chi connectivity index (χ4v) is 5.18. The van der Waals surface area contributed by atoms with Crippen molar-refractivity contribution in [2.45, 2.75) is 18.3 Å². The summed E-state index contributed by atoms with van der Waals surface area (Å²) in [6.07, 6.45) is 0. The second-order valence-corrected chi connectivity index (χ2v) is 7.38. The first-order valence-electron chi connectivity index (χ1n) is 8.26. The summed E-state index contributed by atoms with van der Waals surface area (Å²) in [5.41, 5.74) is 1.98. The second kappa shape index (κ2) is 6.69. The van der Waals surface area contributed by atoms with E-state index in [-0.39, 0.29) is 17.3 Å². The fraction of sp³-hybridized carbons (Fsp3) is 0.263. The Kier molecular flexibility index (Phi) is 4.39. The van der Waals surface area contributed by atoms with E-state index in [4.69, 9.17) is 17.0 Å². The van der Waals surface area contributed by atoms with Crippen molar-refractivity contribution in [2.75, 3.05) is 17.3 Å². The number of hydrogen-bond donors (Lipinski definition) is 0. The molecule has 2 aliphatic rings. The van der Waals surface area contributed by atoms with E-state index in [2.05, 4.69) is 17.0 Å². The summed E-state index contributed by atoms with van der Waals surface area (Å²) < 4.78 is 5.51. The number of nitrogens with zero attached hydrogens (tertiary/aromatic N) is 2. The van der Waals surface area contributed by atoms with Gasteiger partial charge in [0, 0.05) is 5.75 Å². The molecule has 128 valence electrons. The Morgan fingerprint density at radius 2 is 1.88 bits per heavy atom. The molecule has 4 rings (SSSR count). The van der Waals surface area contributed by atoms with Gasteiger partial charge in [0.25, 0.3) is 5.91 Å². The van der Waals surface area contributed by atoms with E-state index in [1.165, 1.54) is 0 Å². The Bertz CT molecular complexity index is 795. The zero-order valence-corrected chi connectivity index (χ0v) is 15.4. The number of carbonyl (C=O) groups is 1. The largest absolute Gasteiger partial charge is 0.494 e. The fourth-order valence-electron chi connectivity index (χ4n) is 3.26. The van der Waals surface area contributed by atoms with Crippen LogP contribution in [0, 0.1) is 0 Å². The third kappa shape index (κ3) is 2.79. The summed E-state index contributed by atoms with van der Waals surface area (Å²) in [6, 6.07) is 17.5. The van der Waals surface area contributed by atoms with E-state index in [9.17, 15) is 4.79 Å². The lowest BCUT2D eigenvalue weighted by atomic mass is 10.2. The van der Waals surface area contributed by atoms with Crippen molar-refractivity contribution in [3.63, 3.8) is 0 Å². The number of hydrogen-bond acceptors (Lipinski definition) is 4. The van der Waals surface area contributed by atoms with E-state index in [0.717, 1.165) is 22.8 Å². The summed E-state index contributed by atoms with van der Waals surface area (Å²) in [5.74, 6) is 1.68. The Balaban J connectivity index is 1.62. The minimum atomic E-state index is -0.186. The van der Waals surface area contributed by atoms with Crippen LogP contribution >= 0.6 is 24.0 Å². The van der Waals surface area contributed by atoms with Crippen LogP contribution in [0.1, 0.15) is 17.9 Å². The molecule has 4 nitrogen and oxygen atoms in total. The number of amides is 1. The van der Waals surface area contributed by atoms with Crippen molar-refractivity contribution >= 4 is 40.7 Å². The van der Waals surface area contributed by atoms with Gasteiger partial charge in [-0.1, -0.05) is 30.3 Å². The monoisotopic (exact) mass is 370 g/mol. The molecular formula is C19H18N2O2S2. The van der Waals surface area contributed by atoms with Crippen LogP contribution in [0.15, 0.2) is 54.6 Å². The van der Waals surface area contributed by atoms with Gasteiger partial charge in [-0.05, 0) is 49.0 Å². The number of anilines is 1. The third-order valence-corrected chi connectivity index (χ3v) is 6.13. The molecule has 2 aliphatic heterocycles. The molecule has 0 bridgehead atoms. The van der Waals surface area contributed by atoms with Crippen LogP contribution in [0.3, 0.4) is 0 Å². The molecule has 6 heteroatoms. The van der Waals surface area contributed by atoms with E-state index in [0.29, 0.717) is 11.7 Å². The van der Waals surface area contributed by atoms with E-state index < -0.39 is 0 Å². The normalized spacial score (nSPS) is 22.4. The van der Waals surface area contributed by atoms with Gasteiger partial charge >= 0.3 is 0 Å². The highest BCUT2D eigenvalue weighted by atomic mass is 32.2. The maximum Gasteiger partial charge on any atom is 0.257 e. The van der Waals surface area contributed by atoms with Crippen molar-refractivity contribution in [3.05, 3.63) is 60.2 Å². The summed E-state index contributed by atoms with van der Waals surface area (Å²) in [5, 5.41) is 0.649. The first-order valence-corrected chi connectivity index (χ1v) is 9.72. The quantitative estimate of drug-likeness (QED) is 0.764. The molecule has 0 aromatic heterocycles. The molecular weight excluding hydrogens is 352 g/mol. The van der Waals surface area contributed by atoms with Crippen LogP contribution in [0.25, 0.3) is 0 Å². The molecule has 2 atom stereocenters. The van der Waals surface area contributed by atoms with Gasteiger partial charge in [0.2, 0.25) is 0 Å². The van der Waals surface area contributed by atoms with Crippen molar-refractivity contribution in [1.29, 1.82) is 0 Å². The average molecular weight is 370 g/mol. The Morgan fingerprint density at radius 1 is 1.16 bits per heavy atom. The standard InChI is InChI=1S/C19H18N2O2S2/c1-2-23-15-10-8-13(9-11-15)18-21-16(12-25-18)17(22)20(19(21)24)14-6-4-3-5-7-14/h3-11,16,18H,2,12H2,1H3. The number of thioether (sulfide) groups is 1. The van der Waals surface area contributed by atoms with Crippen LogP contribution < -0.4 is 9.64 Å². The summed E-state index contributed by atoms with van der Waals surface area (Å²) in [4.78, 5) is 16.6. The number of para-hydroxylation sites is 1. The zero-order valence-electron chi connectivity index (χ0n) is 13.8. The van der Waals surface area contributed by atoms with Gasteiger partial charge in [0.05, 0.1) is 12.3 Å². The predicted molar refractivity (Wildman–Crippen MR) is 105 cm³/mol. The SMILES string of the molecule is CCOc1ccc(C2SCC3C(=O)N(c4ccccc4)C(=S)N32)cc1. The topological polar surface area (TPSA) is 32.8 Å². The molecule has 0 radical (unpaired) electrons. The highest BCUT2D eigenvalue weighted by molar-refractivity contribution is 7.99. The van der Waals surface area contributed by atoms with Gasteiger partial charge in [-0.25, -0.2) is 0 Å². The molecule has 2 fully saturated rings. The third-order valence-electron chi connectivity index (χ3n) is 4.41. The molecule has 0 spiro atoms. The molecule has 0 aliphatic carbocycles. The summed E-state index contributed by atoms with van der Waals surface area (Å²) >= 11 is 7.44. The smallest absolute Gasteiger partial charge is 0.257 e. The number of rotatable bonds is 4. The van der Waals surface area contributed by atoms with Gasteiger partial charge in [-0.3, -0.25) is 9.69 Å². The molecule has 2 aromatic carbocycles. The minimum Gasteiger partial charge on any atom is -0.494 e. The van der Waals surface area contributed by atoms with Crippen molar-refractivity contribution in [2.24, 2.45) is 0 Å². The second-order valence-electron chi connectivity index (χ2n) is 5.90. The van der Waals surface area contributed by atoms with Crippen molar-refractivity contribution < 1.29 is 9.53 Å². The molecule has 2 heterocycles. The zero-order chi connectivity index (χ0) is 17.4. The molecule has 2 saturated heterocycles. The first-order chi connectivity index (χ1) is 12.2. The molecule has 0 N–H and O–H groups in total. The Hall–Kier alpha value is -2.05. The van der Waals surface area contributed by atoms with Gasteiger partial charge in [0.15, 0.2) is 5.11 Å². The number of ether oxygens (including phenoxy) is 1. The highest BCUT2D eigenvalue weighted by Gasteiger charge is 2.50. The van der Waals surface area contributed by atoms with Crippen molar-refractivity contribution in [3.8, 4) is 5.75 Å². The maximum atomic E-state index is 12.9. The molecule has 2 unspecified atom stereocenters. The lowest BCUT2D eigenvalue weighted by molar-refractivity contribution is -0.119. The molecule has 0 saturated carbocycles. The van der Waals surface area contributed by atoms with Gasteiger partial charge in [-0.2, -0.15) is 0 Å². The van der Waals surface area contributed by atoms with Gasteiger partial charge in [0.1, 0.15) is 17.2 Å². The first kappa shape index (κ1) is 16.4. The van der Waals surface area contributed by atoms with Gasteiger partial charge in [-0.15, -0.1) is 11.8 Å². The number of fused-ring (bicyclic) bond motifs is 1. The number of benzene rings is 2. The number of thiocarbonyl (C=S) groups is 1. The summed E-state index contributed by atoms with van der Waals surface area (Å²) in [7, 11) is 0. The molecule has 1 amide bonds. The average Bonchev–Trinajstić information content (AvgIpc) is 3.17. The van der Waals surface area contributed by atoms with E-state index in [1.807, 2.05) is 49.4 Å². The van der Waals surface area contributed by atoms with Crippen LogP contribution in [0.5, 0.6) is 5.75 Å². The van der Waals surface area contributed by atoms with Crippen LogP contribution in [-0.4, -0.2) is 34.3 Å². The van der Waals surface area contributed by atoms with Crippen LogP contribution in [0.2, 0.25) is 0 Å². The minimum absolute atomic E-state index is 0.0610. The lowest BCUT2D eigenvalue weighted by Crippen LogP contribution is -2.33. The Morgan fingerprint density at radius 3 is 2.56 bits per heavy atom. The summed E-state index contributed by atoms with van der Waals surface area (Å²) in [6.45, 7) is 2.62. The lowest BCUT2D eigenvalue weighted by Gasteiger charge is -2.25. The molecule has 2 aromatic rings. The number of carbonyl (C=O) groups excluding carboxylic acids is 1.